The molecule has 0 saturated carbocycles. The second-order valence-electron chi connectivity index (χ2n) is 3.02. The predicted molar refractivity (Wildman–Crippen MR) is 58.9 cm³/mol. The number of halogens is 3. The molecule has 0 atom stereocenters. The van der Waals surface area contributed by atoms with Gasteiger partial charge in [-0.2, -0.15) is 8.78 Å². The van der Waals surface area contributed by atoms with E-state index in [1.807, 2.05) is 0 Å². The van der Waals surface area contributed by atoms with Gasteiger partial charge in [0.15, 0.2) is 11.5 Å². The zero-order valence-electron chi connectivity index (χ0n) is 9.09. The Balaban J connectivity index is 3.12. The number of ether oxygens (including phenoxy) is 2. The molecule has 4 nitrogen and oxygen atoms in total. The zero-order chi connectivity index (χ0) is 13.0. The van der Waals surface area contributed by atoms with Gasteiger partial charge in [-0.25, -0.2) is 0 Å². The van der Waals surface area contributed by atoms with Crippen molar-refractivity contribution in [1.82, 2.24) is 0 Å². The zero-order valence-corrected chi connectivity index (χ0v) is 9.85. The minimum Gasteiger partial charge on any atom is -0.491 e. The highest BCUT2D eigenvalue weighted by Gasteiger charge is 2.17. The topological polar surface area (TPSA) is 47.6 Å². The highest BCUT2D eigenvalue weighted by molar-refractivity contribution is 6.35. The summed E-state index contributed by atoms with van der Waals surface area (Å²) in [6.45, 7) is -1.68. The number of anilines is 1. The van der Waals surface area contributed by atoms with Crippen molar-refractivity contribution < 1.29 is 23.0 Å². The summed E-state index contributed by atoms with van der Waals surface area (Å²) >= 11 is 5.88. The molecule has 1 amide bonds. The summed E-state index contributed by atoms with van der Waals surface area (Å²) in [6.07, 6.45) is 0. The van der Waals surface area contributed by atoms with Crippen LogP contribution in [0.3, 0.4) is 0 Å². The van der Waals surface area contributed by atoms with Crippen molar-refractivity contribution in [2.24, 2.45) is 0 Å². The van der Waals surface area contributed by atoms with Crippen LogP contribution in [-0.4, -0.2) is 19.6 Å². The molecule has 0 aliphatic heterocycles. The molecule has 17 heavy (non-hydrogen) atoms. The van der Waals surface area contributed by atoms with Crippen molar-refractivity contribution in [3.63, 3.8) is 0 Å². The molecule has 1 aromatic carbocycles. The lowest BCUT2D eigenvalue weighted by Crippen LogP contribution is -2.08. The molecular formula is C10H10ClF2NO3. The largest absolute Gasteiger partial charge is 0.491 e. The van der Waals surface area contributed by atoms with E-state index in [9.17, 15) is 13.6 Å². The van der Waals surface area contributed by atoms with E-state index in [4.69, 9.17) is 16.3 Å². The van der Waals surface area contributed by atoms with Crippen LogP contribution in [0.2, 0.25) is 5.02 Å². The average Bonchev–Trinajstić information content (AvgIpc) is 2.21. The number of hydrogen-bond donors (Lipinski definition) is 1. The molecule has 0 unspecified atom stereocenters. The highest BCUT2D eigenvalue weighted by Crippen LogP contribution is 2.40. The summed E-state index contributed by atoms with van der Waals surface area (Å²) in [6, 6.07) is 2.59. The summed E-state index contributed by atoms with van der Waals surface area (Å²) < 4.78 is 33.3. The molecular weight excluding hydrogens is 256 g/mol. The van der Waals surface area contributed by atoms with Gasteiger partial charge in [0.05, 0.1) is 12.8 Å². The Morgan fingerprint density at radius 3 is 2.59 bits per heavy atom. The van der Waals surface area contributed by atoms with E-state index >= 15 is 0 Å². The lowest BCUT2D eigenvalue weighted by molar-refractivity contribution is -0.114. The van der Waals surface area contributed by atoms with Crippen molar-refractivity contribution in [3.8, 4) is 11.5 Å². The van der Waals surface area contributed by atoms with Gasteiger partial charge in [0.1, 0.15) is 5.02 Å². The molecule has 0 bridgehead atoms. The minimum absolute atomic E-state index is 0.000787. The molecule has 94 valence electrons. The fraction of sp³-hybridized carbons (Fsp3) is 0.300. The van der Waals surface area contributed by atoms with Crippen LogP contribution in [0.1, 0.15) is 6.92 Å². The lowest BCUT2D eigenvalue weighted by atomic mass is 10.2. The Morgan fingerprint density at radius 2 is 2.12 bits per heavy atom. The minimum atomic E-state index is -2.98. The van der Waals surface area contributed by atoms with Gasteiger partial charge in [0.2, 0.25) is 5.91 Å². The highest BCUT2D eigenvalue weighted by atomic mass is 35.5. The van der Waals surface area contributed by atoms with Crippen LogP contribution in [-0.2, 0) is 4.79 Å². The first-order valence-electron chi connectivity index (χ1n) is 4.54. The summed E-state index contributed by atoms with van der Waals surface area (Å²) in [7, 11) is 1.26. The second kappa shape index (κ2) is 5.67. The maximum absolute atomic E-state index is 12.1. The molecule has 1 rings (SSSR count). The van der Waals surface area contributed by atoms with E-state index in [2.05, 4.69) is 10.1 Å². The number of nitrogens with one attached hydrogen (secondary N) is 1. The molecule has 0 heterocycles. The van der Waals surface area contributed by atoms with Crippen molar-refractivity contribution in [3.05, 3.63) is 17.2 Å². The number of amides is 1. The van der Waals surface area contributed by atoms with Crippen LogP contribution in [0, 0.1) is 0 Å². The number of rotatable bonds is 4. The van der Waals surface area contributed by atoms with E-state index in [-0.39, 0.29) is 28.1 Å². The van der Waals surface area contributed by atoms with E-state index in [1.54, 1.807) is 0 Å². The van der Waals surface area contributed by atoms with Crippen LogP contribution in [0.15, 0.2) is 12.1 Å². The number of hydrogen-bond acceptors (Lipinski definition) is 3. The molecule has 0 aliphatic carbocycles. The smallest absolute Gasteiger partial charge is 0.387 e. The van der Waals surface area contributed by atoms with Gasteiger partial charge in [0.25, 0.3) is 0 Å². The molecule has 0 aliphatic rings. The number of alkyl halides is 2. The first-order chi connectivity index (χ1) is 7.95. The summed E-state index contributed by atoms with van der Waals surface area (Å²) in [5.74, 6) is -0.587. The number of methoxy groups -OCH3 is 1. The third-order valence-corrected chi connectivity index (χ3v) is 2.17. The summed E-state index contributed by atoms with van der Waals surface area (Å²) in [5.41, 5.74) is 0.262. The van der Waals surface area contributed by atoms with Crippen molar-refractivity contribution in [1.29, 1.82) is 0 Å². The van der Waals surface area contributed by atoms with Crippen molar-refractivity contribution in [2.75, 3.05) is 12.4 Å². The lowest BCUT2D eigenvalue weighted by Gasteiger charge is -2.14. The molecule has 7 heteroatoms. The van der Waals surface area contributed by atoms with E-state index in [0.29, 0.717) is 0 Å². The van der Waals surface area contributed by atoms with Gasteiger partial charge in [-0.1, -0.05) is 11.6 Å². The van der Waals surface area contributed by atoms with Gasteiger partial charge >= 0.3 is 6.61 Å². The molecule has 1 aromatic rings. The third kappa shape index (κ3) is 3.45. The number of benzene rings is 1. The predicted octanol–water partition coefficient (Wildman–Crippen LogP) is 2.91. The first-order valence-corrected chi connectivity index (χ1v) is 4.92. The standard InChI is InChI=1S/C10H10ClF2NO3/c1-5(15)14-6-3-4-7(17-10(12)13)9(16-2)8(6)11/h3-4,10H,1-2H3,(H,14,15). The maximum atomic E-state index is 12.1. The Morgan fingerprint density at radius 1 is 1.47 bits per heavy atom. The van der Waals surface area contributed by atoms with E-state index in [1.165, 1.54) is 26.2 Å². The first kappa shape index (κ1) is 13.5. The number of carbonyl (C=O) groups excluding carboxylic acids is 1. The average molecular weight is 266 g/mol. The molecule has 0 aromatic heterocycles. The monoisotopic (exact) mass is 265 g/mol. The van der Waals surface area contributed by atoms with E-state index < -0.39 is 6.61 Å². The molecule has 0 fully saturated rings. The normalized spacial score (nSPS) is 10.2. The van der Waals surface area contributed by atoms with Crippen LogP contribution < -0.4 is 14.8 Å². The third-order valence-electron chi connectivity index (χ3n) is 1.79. The van der Waals surface area contributed by atoms with Gasteiger partial charge in [-0.15, -0.1) is 0 Å². The Kier molecular flexibility index (Phi) is 4.51. The Bertz CT molecular complexity index is 426. The fourth-order valence-corrected chi connectivity index (χ4v) is 1.48. The maximum Gasteiger partial charge on any atom is 0.387 e. The van der Waals surface area contributed by atoms with Crippen molar-refractivity contribution in [2.45, 2.75) is 13.5 Å². The van der Waals surface area contributed by atoms with Crippen LogP contribution in [0.25, 0.3) is 0 Å². The van der Waals surface area contributed by atoms with Gasteiger partial charge in [-0.05, 0) is 12.1 Å². The van der Waals surface area contributed by atoms with Gasteiger partial charge in [0, 0.05) is 6.92 Å². The molecule has 1 N–H and O–H groups in total. The molecule has 0 spiro atoms. The van der Waals surface area contributed by atoms with Crippen LogP contribution >= 0.6 is 11.6 Å². The quantitative estimate of drug-likeness (QED) is 0.911. The number of carbonyl (C=O) groups is 1. The summed E-state index contributed by atoms with van der Waals surface area (Å²) in [5, 5.41) is 2.44. The van der Waals surface area contributed by atoms with Gasteiger partial charge < -0.3 is 14.8 Å². The van der Waals surface area contributed by atoms with Crippen molar-refractivity contribution >= 4 is 23.2 Å². The van der Waals surface area contributed by atoms with Crippen LogP contribution in [0.4, 0.5) is 14.5 Å². The van der Waals surface area contributed by atoms with Crippen LogP contribution in [0.5, 0.6) is 11.5 Å². The SMILES string of the molecule is COc1c(OC(F)F)ccc(NC(C)=O)c1Cl. The Labute approximate surface area is 101 Å². The molecule has 0 saturated heterocycles. The molecule has 0 radical (unpaired) electrons. The van der Waals surface area contributed by atoms with Gasteiger partial charge in [-0.3, -0.25) is 4.79 Å². The van der Waals surface area contributed by atoms with E-state index in [0.717, 1.165) is 0 Å². The second-order valence-corrected chi connectivity index (χ2v) is 3.40. The summed E-state index contributed by atoms with van der Waals surface area (Å²) in [4.78, 5) is 10.9. The Hall–Kier alpha value is -1.56. The fourth-order valence-electron chi connectivity index (χ4n) is 1.20.